The third-order valence-electron chi connectivity index (χ3n) is 2.33. The molecule has 5 nitrogen and oxygen atoms in total. The Labute approximate surface area is 111 Å². The zero-order valence-corrected chi connectivity index (χ0v) is 11.1. The van der Waals surface area contributed by atoms with Crippen LogP contribution in [-0.4, -0.2) is 30.4 Å². The van der Waals surface area contributed by atoms with Crippen molar-refractivity contribution in [1.82, 2.24) is 0 Å². The minimum atomic E-state index is -0.452. The van der Waals surface area contributed by atoms with Gasteiger partial charge in [-0.3, -0.25) is 0 Å². The van der Waals surface area contributed by atoms with E-state index >= 15 is 0 Å². The number of halogens is 1. The third kappa shape index (κ3) is 4.43. The zero-order valence-electron chi connectivity index (χ0n) is 10.4. The second-order valence-corrected chi connectivity index (χ2v) is 4.23. The highest BCUT2D eigenvalue weighted by molar-refractivity contribution is 6.32. The van der Waals surface area contributed by atoms with Gasteiger partial charge < -0.3 is 20.4 Å². The molecule has 0 aliphatic heterocycles. The monoisotopic (exact) mass is 272 g/mol. The number of nitrogens with zero attached hydrogens (tertiary/aromatic N) is 1. The molecule has 0 saturated heterocycles. The van der Waals surface area contributed by atoms with Crippen molar-refractivity contribution in [3.8, 4) is 5.75 Å². The van der Waals surface area contributed by atoms with E-state index in [0.717, 1.165) is 5.56 Å². The van der Waals surface area contributed by atoms with Crippen LogP contribution in [0.25, 0.3) is 0 Å². The maximum absolute atomic E-state index is 8.44. The normalized spacial score (nSPS) is 13.4. The van der Waals surface area contributed by atoms with Gasteiger partial charge in [-0.15, -0.1) is 0 Å². The van der Waals surface area contributed by atoms with Crippen molar-refractivity contribution in [3.63, 3.8) is 0 Å². The Bertz CT molecular complexity index is 424. The van der Waals surface area contributed by atoms with Gasteiger partial charge in [0.2, 0.25) is 0 Å². The first kappa shape index (κ1) is 14.6. The van der Waals surface area contributed by atoms with Crippen molar-refractivity contribution in [2.45, 2.75) is 20.0 Å². The van der Waals surface area contributed by atoms with Crippen LogP contribution in [0.15, 0.2) is 23.4 Å². The lowest BCUT2D eigenvalue weighted by Crippen LogP contribution is -2.30. The van der Waals surface area contributed by atoms with Crippen LogP contribution in [0, 0.1) is 6.92 Å². The first-order valence-corrected chi connectivity index (χ1v) is 5.90. The summed E-state index contributed by atoms with van der Waals surface area (Å²) in [7, 11) is 0. The summed E-state index contributed by atoms with van der Waals surface area (Å²) in [5.74, 6) is 0.653. The van der Waals surface area contributed by atoms with E-state index in [9.17, 15) is 0 Å². The van der Waals surface area contributed by atoms with E-state index in [2.05, 4.69) is 5.16 Å². The molecule has 100 valence electrons. The number of benzene rings is 1. The molecule has 18 heavy (non-hydrogen) atoms. The molecule has 1 aromatic rings. The molecule has 0 heterocycles. The average molecular weight is 273 g/mol. The topological polar surface area (TPSA) is 77.1 Å². The molecule has 1 aromatic carbocycles. The van der Waals surface area contributed by atoms with Gasteiger partial charge in [0.25, 0.3) is 0 Å². The van der Waals surface area contributed by atoms with Crippen LogP contribution in [0.2, 0.25) is 5.02 Å². The number of amidine groups is 1. The molecule has 3 N–H and O–H groups in total. The molecule has 0 aliphatic carbocycles. The summed E-state index contributed by atoms with van der Waals surface area (Å²) in [6.45, 7) is 4.31. The summed E-state index contributed by atoms with van der Waals surface area (Å²) in [4.78, 5) is 0. The van der Waals surface area contributed by atoms with Crippen molar-refractivity contribution in [2.24, 2.45) is 10.9 Å². The zero-order chi connectivity index (χ0) is 13.5. The highest BCUT2D eigenvalue weighted by atomic mass is 35.5. The molecule has 1 rings (SSSR count). The van der Waals surface area contributed by atoms with Crippen molar-refractivity contribution in [2.75, 3.05) is 13.2 Å². The van der Waals surface area contributed by atoms with Gasteiger partial charge in [0.15, 0.2) is 5.84 Å². The van der Waals surface area contributed by atoms with Crippen molar-refractivity contribution >= 4 is 17.4 Å². The Hall–Kier alpha value is -1.46. The number of hydrogen-bond acceptors (Lipinski definition) is 4. The predicted octanol–water partition coefficient (Wildman–Crippen LogP) is 2.18. The summed E-state index contributed by atoms with van der Waals surface area (Å²) in [5, 5.41) is 11.9. The molecule has 0 aliphatic rings. The first-order valence-electron chi connectivity index (χ1n) is 5.52. The number of oxime groups is 1. The molecule has 0 spiro atoms. The summed E-state index contributed by atoms with van der Waals surface area (Å²) < 4.78 is 10.8. The van der Waals surface area contributed by atoms with Crippen LogP contribution in [0.5, 0.6) is 5.75 Å². The molecule has 0 bridgehead atoms. The van der Waals surface area contributed by atoms with Crippen LogP contribution in [-0.2, 0) is 4.74 Å². The minimum Gasteiger partial charge on any atom is -0.490 e. The smallest absolute Gasteiger partial charge is 0.168 e. The van der Waals surface area contributed by atoms with Gasteiger partial charge in [-0.2, -0.15) is 0 Å². The lowest BCUT2D eigenvalue weighted by Gasteiger charge is -2.12. The van der Waals surface area contributed by atoms with E-state index < -0.39 is 6.10 Å². The minimum absolute atomic E-state index is 0.0311. The standard InChI is InChI=1S/C12H17ClN2O3/c1-8-3-4-10(13)11(7-8)18-6-5-17-9(2)12(14)15-16/h3-4,7,9,16H,5-6H2,1-2H3,(H2,14,15). The van der Waals surface area contributed by atoms with Gasteiger partial charge in [0.05, 0.1) is 11.6 Å². The number of aryl methyl sites for hydroxylation is 1. The molecule has 1 unspecified atom stereocenters. The average Bonchev–Trinajstić information content (AvgIpc) is 2.37. The van der Waals surface area contributed by atoms with Crippen molar-refractivity contribution < 1.29 is 14.7 Å². The molecule has 0 fully saturated rings. The fourth-order valence-electron chi connectivity index (χ4n) is 1.26. The largest absolute Gasteiger partial charge is 0.490 e. The van der Waals surface area contributed by atoms with E-state index in [1.165, 1.54) is 0 Å². The van der Waals surface area contributed by atoms with Crippen molar-refractivity contribution in [1.29, 1.82) is 0 Å². The molecule has 0 aromatic heterocycles. The van der Waals surface area contributed by atoms with Gasteiger partial charge in [0, 0.05) is 0 Å². The Morgan fingerprint density at radius 3 is 2.89 bits per heavy atom. The van der Waals surface area contributed by atoms with Crippen LogP contribution >= 0.6 is 11.6 Å². The summed E-state index contributed by atoms with van der Waals surface area (Å²) >= 11 is 5.97. The summed E-state index contributed by atoms with van der Waals surface area (Å²) in [6.07, 6.45) is -0.452. The van der Waals surface area contributed by atoms with Gasteiger partial charge in [-0.25, -0.2) is 0 Å². The lowest BCUT2D eigenvalue weighted by molar-refractivity contribution is 0.0778. The quantitative estimate of drug-likeness (QED) is 0.274. The van der Waals surface area contributed by atoms with Gasteiger partial charge in [-0.1, -0.05) is 22.8 Å². The van der Waals surface area contributed by atoms with E-state index in [0.29, 0.717) is 24.0 Å². The number of nitrogens with two attached hydrogens (primary N) is 1. The maximum Gasteiger partial charge on any atom is 0.168 e. The van der Waals surface area contributed by atoms with Crippen LogP contribution in [0.3, 0.4) is 0 Å². The number of rotatable bonds is 6. The Morgan fingerprint density at radius 2 is 2.22 bits per heavy atom. The van der Waals surface area contributed by atoms with Crippen LogP contribution < -0.4 is 10.5 Å². The molecular weight excluding hydrogens is 256 g/mol. The molecular formula is C12H17ClN2O3. The molecule has 1 atom stereocenters. The highest BCUT2D eigenvalue weighted by Crippen LogP contribution is 2.24. The Kier molecular flexibility index (Phi) is 5.74. The summed E-state index contributed by atoms with van der Waals surface area (Å²) in [6, 6.07) is 5.55. The number of hydrogen-bond donors (Lipinski definition) is 2. The predicted molar refractivity (Wildman–Crippen MR) is 70.5 cm³/mol. The highest BCUT2D eigenvalue weighted by Gasteiger charge is 2.07. The second-order valence-electron chi connectivity index (χ2n) is 3.82. The van der Waals surface area contributed by atoms with Crippen LogP contribution in [0.1, 0.15) is 12.5 Å². The van der Waals surface area contributed by atoms with E-state index in [4.69, 9.17) is 32.0 Å². The molecule has 0 amide bonds. The summed E-state index contributed by atoms with van der Waals surface area (Å²) in [5.41, 5.74) is 6.44. The first-order chi connectivity index (χ1) is 8.54. The van der Waals surface area contributed by atoms with Crippen molar-refractivity contribution in [3.05, 3.63) is 28.8 Å². The third-order valence-corrected chi connectivity index (χ3v) is 2.64. The molecule has 0 saturated carbocycles. The Balaban J connectivity index is 2.36. The number of ether oxygens (including phenoxy) is 2. The molecule has 0 radical (unpaired) electrons. The molecule has 6 heteroatoms. The maximum atomic E-state index is 8.44. The Morgan fingerprint density at radius 1 is 1.50 bits per heavy atom. The van der Waals surface area contributed by atoms with E-state index in [1.807, 2.05) is 19.1 Å². The fourth-order valence-corrected chi connectivity index (χ4v) is 1.44. The van der Waals surface area contributed by atoms with E-state index in [-0.39, 0.29) is 5.84 Å². The van der Waals surface area contributed by atoms with E-state index in [1.54, 1.807) is 13.0 Å². The van der Waals surface area contributed by atoms with Gasteiger partial charge >= 0.3 is 0 Å². The van der Waals surface area contributed by atoms with Crippen LogP contribution in [0.4, 0.5) is 0 Å². The van der Waals surface area contributed by atoms with Gasteiger partial charge in [0.1, 0.15) is 18.5 Å². The lowest BCUT2D eigenvalue weighted by atomic mass is 10.2. The van der Waals surface area contributed by atoms with Gasteiger partial charge in [-0.05, 0) is 31.5 Å². The second kappa shape index (κ2) is 7.08. The SMILES string of the molecule is Cc1ccc(Cl)c(OCCOC(C)/C(N)=N/O)c1. The fraction of sp³-hybridized carbons (Fsp3) is 0.417.